The third kappa shape index (κ3) is 3.64. The molecule has 0 bridgehead atoms. The van der Waals surface area contributed by atoms with Crippen LogP contribution in [0.2, 0.25) is 5.02 Å². The molecule has 1 saturated heterocycles. The molecule has 0 spiro atoms. The lowest BCUT2D eigenvalue weighted by Crippen LogP contribution is -2.46. The average Bonchev–Trinajstić information content (AvgIpc) is 2.59. The largest absolute Gasteiger partial charge is 0.355 e. The van der Waals surface area contributed by atoms with Gasteiger partial charge >= 0.3 is 0 Å². The molecular weight excluding hydrogens is 350 g/mol. The van der Waals surface area contributed by atoms with Crippen LogP contribution in [0.1, 0.15) is 17.9 Å². The van der Waals surface area contributed by atoms with E-state index in [4.69, 9.17) is 11.6 Å². The Morgan fingerprint density at radius 2 is 1.88 bits per heavy atom. The van der Waals surface area contributed by atoms with Gasteiger partial charge in [-0.1, -0.05) is 29.8 Å². The summed E-state index contributed by atoms with van der Waals surface area (Å²) in [4.78, 5) is 24.9. The first kappa shape index (κ1) is 17.4. The smallest absolute Gasteiger partial charge is 0.237 e. The van der Waals surface area contributed by atoms with Crippen molar-refractivity contribution in [2.75, 3.05) is 11.9 Å². The molecule has 2 N–H and O–H groups in total. The second kappa shape index (κ2) is 7.19. The molecular formula is C18H15ClF2N2O2. The second-order valence-corrected chi connectivity index (χ2v) is 6.24. The van der Waals surface area contributed by atoms with Crippen LogP contribution in [0.5, 0.6) is 0 Å². The molecule has 2 aromatic carbocycles. The number of hydrogen-bond acceptors (Lipinski definition) is 2. The lowest BCUT2D eigenvalue weighted by molar-refractivity contribution is -0.135. The SMILES string of the molecule is O=C1NCC[C@H](c2ccc(Cl)cc2)[C@H]1C(=O)Nc1cccc(F)c1F. The molecule has 1 aliphatic rings. The van der Waals surface area contributed by atoms with Crippen LogP contribution in [-0.4, -0.2) is 18.4 Å². The molecule has 2 amide bonds. The fourth-order valence-electron chi connectivity index (χ4n) is 2.99. The summed E-state index contributed by atoms with van der Waals surface area (Å²) in [7, 11) is 0. The molecule has 0 radical (unpaired) electrons. The van der Waals surface area contributed by atoms with Gasteiger partial charge in [0.25, 0.3) is 0 Å². The van der Waals surface area contributed by atoms with Crippen molar-refractivity contribution in [3.63, 3.8) is 0 Å². The van der Waals surface area contributed by atoms with Crippen molar-refractivity contribution in [2.45, 2.75) is 12.3 Å². The van der Waals surface area contributed by atoms with E-state index in [1.807, 2.05) is 0 Å². The highest BCUT2D eigenvalue weighted by Crippen LogP contribution is 2.33. The predicted molar refractivity (Wildman–Crippen MR) is 90.3 cm³/mol. The molecule has 0 unspecified atom stereocenters. The summed E-state index contributed by atoms with van der Waals surface area (Å²) in [5.41, 5.74) is 0.498. The molecule has 1 aliphatic heterocycles. The summed E-state index contributed by atoms with van der Waals surface area (Å²) in [5, 5.41) is 5.51. The maximum absolute atomic E-state index is 13.8. The number of nitrogens with one attached hydrogen (secondary N) is 2. The summed E-state index contributed by atoms with van der Waals surface area (Å²) in [6, 6.07) is 10.4. The van der Waals surface area contributed by atoms with Crippen LogP contribution in [0.3, 0.4) is 0 Å². The summed E-state index contributed by atoms with van der Waals surface area (Å²) in [6.45, 7) is 0.435. The standard InChI is InChI=1S/C18H15ClF2N2O2/c19-11-6-4-10(5-7-11)12-8-9-22-17(24)15(12)18(25)23-14-3-1-2-13(20)16(14)21/h1-7,12,15H,8-9H2,(H,22,24)(H,23,25)/t12-,15-/m1/s1. The molecule has 1 heterocycles. The first-order valence-electron chi connectivity index (χ1n) is 7.75. The number of benzene rings is 2. The Bertz CT molecular complexity index is 811. The topological polar surface area (TPSA) is 58.2 Å². The third-order valence-corrected chi connectivity index (χ3v) is 4.48. The molecule has 130 valence electrons. The minimum atomic E-state index is -1.16. The van der Waals surface area contributed by atoms with Crippen LogP contribution in [0.15, 0.2) is 42.5 Å². The Balaban J connectivity index is 1.87. The van der Waals surface area contributed by atoms with Gasteiger partial charge in [0.2, 0.25) is 11.8 Å². The number of piperidine rings is 1. The van der Waals surface area contributed by atoms with Crippen molar-refractivity contribution in [2.24, 2.45) is 5.92 Å². The van der Waals surface area contributed by atoms with Crippen molar-refractivity contribution >= 4 is 29.1 Å². The van der Waals surface area contributed by atoms with Gasteiger partial charge in [0.15, 0.2) is 11.6 Å². The van der Waals surface area contributed by atoms with Gasteiger partial charge in [-0.3, -0.25) is 9.59 Å². The van der Waals surface area contributed by atoms with Gasteiger partial charge in [-0.25, -0.2) is 8.78 Å². The lowest BCUT2D eigenvalue weighted by Gasteiger charge is -2.30. The zero-order valence-corrected chi connectivity index (χ0v) is 13.8. The van der Waals surface area contributed by atoms with E-state index in [2.05, 4.69) is 10.6 Å². The minimum Gasteiger partial charge on any atom is -0.355 e. The molecule has 2 atom stereocenters. The van der Waals surface area contributed by atoms with Crippen LogP contribution in [0, 0.1) is 17.6 Å². The highest BCUT2D eigenvalue weighted by atomic mass is 35.5. The summed E-state index contributed by atoms with van der Waals surface area (Å²) >= 11 is 5.88. The Kier molecular flexibility index (Phi) is 4.99. The van der Waals surface area contributed by atoms with E-state index in [-0.39, 0.29) is 11.6 Å². The first-order chi connectivity index (χ1) is 12.0. The number of anilines is 1. The van der Waals surface area contributed by atoms with Crippen LogP contribution in [0.25, 0.3) is 0 Å². The maximum Gasteiger partial charge on any atom is 0.237 e. The fourth-order valence-corrected chi connectivity index (χ4v) is 3.12. The van der Waals surface area contributed by atoms with Gasteiger partial charge in [-0.2, -0.15) is 0 Å². The van der Waals surface area contributed by atoms with E-state index in [1.165, 1.54) is 12.1 Å². The number of halogens is 3. The second-order valence-electron chi connectivity index (χ2n) is 5.81. The zero-order valence-electron chi connectivity index (χ0n) is 13.1. The molecule has 3 rings (SSSR count). The molecule has 25 heavy (non-hydrogen) atoms. The van der Waals surface area contributed by atoms with E-state index >= 15 is 0 Å². The van der Waals surface area contributed by atoms with Crippen molar-refractivity contribution < 1.29 is 18.4 Å². The molecule has 7 heteroatoms. The summed E-state index contributed by atoms with van der Waals surface area (Å²) in [6.07, 6.45) is 0.553. The Morgan fingerprint density at radius 3 is 2.60 bits per heavy atom. The Hall–Kier alpha value is -2.47. The van der Waals surface area contributed by atoms with Gasteiger partial charge in [0, 0.05) is 17.5 Å². The van der Waals surface area contributed by atoms with E-state index in [9.17, 15) is 18.4 Å². The summed E-state index contributed by atoms with van der Waals surface area (Å²) < 4.78 is 27.1. The van der Waals surface area contributed by atoms with Crippen molar-refractivity contribution in [3.05, 3.63) is 64.7 Å². The number of carbonyl (C=O) groups excluding carboxylic acids is 2. The molecule has 0 aliphatic carbocycles. The lowest BCUT2D eigenvalue weighted by atomic mass is 9.80. The first-order valence-corrected chi connectivity index (χ1v) is 8.13. The average molecular weight is 365 g/mol. The highest BCUT2D eigenvalue weighted by Gasteiger charge is 2.38. The normalized spacial score (nSPS) is 20.0. The minimum absolute atomic E-state index is 0.293. The Morgan fingerprint density at radius 1 is 1.16 bits per heavy atom. The van der Waals surface area contributed by atoms with Gasteiger partial charge < -0.3 is 10.6 Å². The monoisotopic (exact) mass is 364 g/mol. The number of rotatable bonds is 3. The van der Waals surface area contributed by atoms with E-state index in [1.54, 1.807) is 24.3 Å². The predicted octanol–water partition coefficient (Wildman–Crippen LogP) is 3.48. The molecule has 4 nitrogen and oxygen atoms in total. The quantitative estimate of drug-likeness (QED) is 0.819. The van der Waals surface area contributed by atoms with Crippen molar-refractivity contribution in [3.8, 4) is 0 Å². The molecule has 1 fully saturated rings. The zero-order chi connectivity index (χ0) is 18.0. The number of carbonyl (C=O) groups is 2. The number of amides is 2. The van der Waals surface area contributed by atoms with Crippen molar-refractivity contribution in [1.29, 1.82) is 0 Å². The van der Waals surface area contributed by atoms with Crippen LogP contribution in [-0.2, 0) is 9.59 Å². The third-order valence-electron chi connectivity index (χ3n) is 4.23. The van der Waals surface area contributed by atoms with Gasteiger partial charge in [-0.15, -0.1) is 0 Å². The molecule has 0 saturated carbocycles. The van der Waals surface area contributed by atoms with Gasteiger partial charge in [-0.05, 0) is 36.2 Å². The maximum atomic E-state index is 13.8. The van der Waals surface area contributed by atoms with E-state index in [0.29, 0.717) is 18.0 Å². The van der Waals surface area contributed by atoms with E-state index < -0.39 is 29.4 Å². The fraction of sp³-hybridized carbons (Fsp3) is 0.222. The van der Waals surface area contributed by atoms with Gasteiger partial charge in [0.05, 0.1) is 5.69 Å². The van der Waals surface area contributed by atoms with Crippen LogP contribution in [0.4, 0.5) is 14.5 Å². The summed E-state index contributed by atoms with van der Waals surface area (Å²) in [5.74, 6) is -4.77. The number of hydrogen-bond donors (Lipinski definition) is 2. The highest BCUT2D eigenvalue weighted by molar-refractivity contribution is 6.30. The van der Waals surface area contributed by atoms with E-state index in [0.717, 1.165) is 11.6 Å². The Labute approximate surface area is 148 Å². The van der Waals surface area contributed by atoms with Crippen LogP contribution < -0.4 is 10.6 Å². The van der Waals surface area contributed by atoms with Crippen molar-refractivity contribution in [1.82, 2.24) is 5.32 Å². The molecule has 0 aromatic heterocycles. The van der Waals surface area contributed by atoms with Gasteiger partial charge in [0.1, 0.15) is 5.92 Å². The molecule has 2 aromatic rings. The van der Waals surface area contributed by atoms with Crippen LogP contribution >= 0.6 is 11.6 Å².